The molecule has 2 aromatic carbocycles. The molecule has 0 spiro atoms. The lowest BCUT2D eigenvalue weighted by molar-refractivity contribution is 0.0710. The van der Waals surface area contributed by atoms with E-state index in [9.17, 15) is 4.79 Å². The number of benzene rings is 2. The molecule has 0 unspecified atom stereocenters. The maximum absolute atomic E-state index is 13.0. The highest BCUT2D eigenvalue weighted by atomic mass is 16.5. The topological polar surface area (TPSA) is 67.5 Å². The maximum Gasteiger partial charge on any atom is 0.254 e. The van der Waals surface area contributed by atoms with Crippen molar-refractivity contribution < 1.29 is 14.3 Å². The van der Waals surface area contributed by atoms with Gasteiger partial charge in [-0.05, 0) is 44.0 Å². The van der Waals surface area contributed by atoms with Gasteiger partial charge in [0.15, 0.2) is 0 Å². The first kappa shape index (κ1) is 18.3. The first-order chi connectivity index (χ1) is 13.6. The first-order valence-electron chi connectivity index (χ1n) is 9.57. The fourth-order valence-corrected chi connectivity index (χ4v) is 3.91. The molecule has 4 rings (SSSR count). The molecule has 6 heteroatoms. The van der Waals surface area contributed by atoms with E-state index in [0.29, 0.717) is 36.1 Å². The van der Waals surface area contributed by atoms with Crippen LogP contribution in [0.5, 0.6) is 11.5 Å². The Morgan fingerprint density at radius 3 is 2.36 bits per heavy atom. The lowest BCUT2D eigenvalue weighted by Crippen LogP contribution is -2.38. The third-order valence-electron chi connectivity index (χ3n) is 5.58. The van der Waals surface area contributed by atoms with Crippen molar-refractivity contribution in [3.05, 3.63) is 53.3 Å². The van der Waals surface area contributed by atoms with Gasteiger partial charge in [0.1, 0.15) is 17.3 Å². The number of amides is 1. The van der Waals surface area contributed by atoms with E-state index in [-0.39, 0.29) is 5.91 Å². The molecule has 0 atom stereocenters. The van der Waals surface area contributed by atoms with E-state index in [1.807, 2.05) is 36.1 Å². The van der Waals surface area contributed by atoms with Crippen LogP contribution in [0.15, 0.2) is 36.4 Å². The monoisotopic (exact) mass is 379 g/mol. The van der Waals surface area contributed by atoms with Gasteiger partial charge in [0.2, 0.25) is 0 Å². The normalized spacial score (nSPS) is 15.0. The molecule has 1 fully saturated rings. The van der Waals surface area contributed by atoms with E-state index in [4.69, 9.17) is 14.5 Å². The van der Waals surface area contributed by atoms with E-state index in [2.05, 4.69) is 4.98 Å². The zero-order valence-corrected chi connectivity index (χ0v) is 16.5. The summed E-state index contributed by atoms with van der Waals surface area (Å²) < 4.78 is 10.8. The SMILES string of the molecule is COc1cc(C(=O)N2CCC(c3nc4ccccc4[nH]3)CC2)cc(OC)c1C. The van der Waals surface area contributed by atoms with Crippen LogP contribution in [-0.2, 0) is 0 Å². The number of carbonyl (C=O) groups excluding carboxylic acids is 1. The summed E-state index contributed by atoms with van der Waals surface area (Å²) in [5, 5.41) is 0. The number of rotatable bonds is 4. The molecule has 2 heterocycles. The van der Waals surface area contributed by atoms with Gasteiger partial charge >= 0.3 is 0 Å². The van der Waals surface area contributed by atoms with Gasteiger partial charge in [-0.2, -0.15) is 0 Å². The summed E-state index contributed by atoms with van der Waals surface area (Å²) in [4.78, 5) is 23.1. The summed E-state index contributed by atoms with van der Waals surface area (Å²) in [6.45, 7) is 3.34. The van der Waals surface area contributed by atoms with Crippen LogP contribution in [0, 0.1) is 6.92 Å². The molecule has 1 aliphatic heterocycles. The summed E-state index contributed by atoms with van der Waals surface area (Å²) in [5.74, 6) is 2.71. The number of methoxy groups -OCH3 is 2. The summed E-state index contributed by atoms with van der Waals surface area (Å²) in [7, 11) is 3.21. The summed E-state index contributed by atoms with van der Waals surface area (Å²) in [5.41, 5.74) is 3.55. The Kier molecular flexibility index (Phi) is 4.94. The Balaban J connectivity index is 1.48. The summed E-state index contributed by atoms with van der Waals surface area (Å²) in [6, 6.07) is 11.7. The molecule has 1 N–H and O–H groups in total. The van der Waals surface area contributed by atoms with Crippen molar-refractivity contribution in [2.24, 2.45) is 0 Å². The zero-order chi connectivity index (χ0) is 19.7. The third-order valence-corrected chi connectivity index (χ3v) is 5.58. The lowest BCUT2D eigenvalue weighted by Gasteiger charge is -2.31. The maximum atomic E-state index is 13.0. The number of para-hydroxylation sites is 2. The number of hydrogen-bond donors (Lipinski definition) is 1. The number of H-pyrrole nitrogens is 1. The minimum atomic E-state index is 0.0136. The average Bonchev–Trinajstić information content (AvgIpc) is 3.18. The minimum Gasteiger partial charge on any atom is -0.496 e. The number of piperidine rings is 1. The van der Waals surface area contributed by atoms with Crippen molar-refractivity contribution in [1.82, 2.24) is 14.9 Å². The minimum absolute atomic E-state index is 0.0136. The molecule has 1 aliphatic rings. The number of nitrogens with zero attached hydrogens (tertiary/aromatic N) is 2. The lowest BCUT2D eigenvalue weighted by atomic mass is 9.95. The van der Waals surface area contributed by atoms with Crippen molar-refractivity contribution in [2.75, 3.05) is 27.3 Å². The highest BCUT2D eigenvalue weighted by Crippen LogP contribution is 2.32. The van der Waals surface area contributed by atoms with E-state index >= 15 is 0 Å². The molecular formula is C22H25N3O3. The van der Waals surface area contributed by atoms with Crippen molar-refractivity contribution in [1.29, 1.82) is 0 Å². The molecule has 0 radical (unpaired) electrons. The molecule has 0 saturated carbocycles. The van der Waals surface area contributed by atoms with Crippen LogP contribution in [0.4, 0.5) is 0 Å². The number of aromatic amines is 1. The van der Waals surface area contributed by atoms with Crippen molar-refractivity contribution >= 4 is 16.9 Å². The van der Waals surface area contributed by atoms with E-state index in [0.717, 1.165) is 35.3 Å². The second-order valence-corrected chi connectivity index (χ2v) is 7.21. The molecule has 28 heavy (non-hydrogen) atoms. The van der Waals surface area contributed by atoms with Gasteiger partial charge in [0, 0.05) is 30.1 Å². The fraction of sp³-hybridized carbons (Fsp3) is 0.364. The highest BCUT2D eigenvalue weighted by Gasteiger charge is 2.27. The Morgan fingerprint density at radius 2 is 1.75 bits per heavy atom. The Labute approximate surface area is 164 Å². The smallest absolute Gasteiger partial charge is 0.254 e. The molecule has 1 aromatic heterocycles. The van der Waals surface area contributed by atoms with Gasteiger partial charge in [-0.25, -0.2) is 4.98 Å². The predicted molar refractivity (Wildman–Crippen MR) is 108 cm³/mol. The number of hydrogen-bond acceptors (Lipinski definition) is 4. The standard InChI is InChI=1S/C22H25N3O3/c1-14-19(27-2)12-16(13-20(14)28-3)22(26)25-10-8-15(9-11-25)21-23-17-6-4-5-7-18(17)24-21/h4-7,12-13,15H,8-11H2,1-3H3,(H,23,24). The second-order valence-electron chi connectivity index (χ2n) is 7.21. The Morgan fingerprint density at radius 1 is 1.11 bits per heavy atom. The number of ether oxygens (including phenoxy) is 2. The van der Waals surface area contributed by atoms with E-state index in [1.165, 1.54) is 0 Å². The molecule has 146 valence electrons. The predicted octanol–water partition coefficient (Wildman–Crippen LogP) is 3.91. The van der Waals surface area contributed by atoms with Gasteiger partial charge in [-0.3, -0.25) is 4.79 Å². The average molecular weight is 379 g/mol. The summed E-state index contributed by atoms with van der Waals surface area (Å²) in [6.07, 6.45) is 1.79. The van der Waals surface area contributed by atoms with Crippen LogP contribution in [0.1, 0.15) is 40.5 Å². The van der Waals surface area contributed by atoms with Crippen molar-refractivity contribution in [2.45, 2.75) is 25.7 Å². The molecular weight excluding hydrogens is 354 g/mol. The number of imidazole rings is 1. The van der Waals surface area contributed by atoms with Crippen LogP contribution in [0.2, 0.25) is 0 Å². The molecule has 6 nitrogen and oxygen atoms in total. The van der Waals surface area contributed by atoms with Gasteiger partial charge in [0.25, 0.3) is 5.91 Å². The van der Waals surface area contributed by atoms with Gasteiger partial charge < -0.3 is 19.4 Å². The number of carbonyl (C=O) groups is 1. The first-order valence-corrected chi connectivity index (χ1v) is 9.57. The Hall–Kier alpha value is -3.02. The van der Waals surface area contributed by atoms with E-state index < -0.39 is 0 Å². The van der Waals surface area contributed by atoms with Gasteiger partial charge in [-0.1, -0.05) is 12.1 Å². The van der Waals surface area contributed by atoms with Crippen LogP contribution in [-0.4, -0.2) is 48.1 Å². The number of aromatic nitrogens is 2. The van der Waals surface area contributed by atoms with Gasteiger partial charge in [-0.15, -0.1) is 0 Å². The van der Waals surface area contributed by atoms with Crippen LogP contribution in [0.25, 0.3) is 11.0 Å². The van der Waals surface area contributed by atoms with Crippen LogP contribution < -0.4 is 9.47 Å². The zero-order valence-electron chi connectivity index (χ0n) is 16.5. The number of nitrogens with one attached hydrogen (secondary N) is 1. The van der Waals surface area contributed by atoms with Crippen molar-refractivity contribution in [3.8, 4) is 11.5 Å². The largest absolute Gasteiger partial charge is 0.496 e. The molecule has 0 aliphatic carbocycles. The third kappa shape index (κ3) is 3.30. The number of fused-ring (bicyclic) bond motifs is 1. The van der Waals surface area contributed by atoms with Crippen LogP contribution in [0.3, 0.4) is 0 Å². The fourth-order valence-electron chi connectivity index (χ4n) is 3.91. The summed E-state index contributed by atoms with van der Waals surface area (Å²) >= 11 is 0. The Bertz CT molecular complexity index is 945. The second kappa shape index (κ2) is 7.54. The van der Waals surface area contributed by atoms with Crippen molar-refractivity contribution in [3.63, 3.8) is 0 Å². The quantitative estimate of drug-likeness (QED) is 0.746. The molecule has 1 saturated heterocycles. The molecule has 3 aromatic rings. The molecule has 0 bridgehead atoms. The number of likely N-dealkylation sites (tertiary alicyclic amines) is 1. The van der Waals surface area contributed by atoms with Crippen LogP contribution >= 0.6 is 0 Å². The highest BCUT2D eigenvalue weighted by molar-refractivity contribution is 5.95. The van der Waals surface area contributed by atoms with Gasteiger partial charge in [0.05, 0.1) is 25.3 Å². The van der Waals surface area contributed by atoms with E-state index in [1.54, 1.807) is 26.4 Å². The molecule has 1 amide bonds.